The lowest BCUT2D eigenvalue weighted by atomic mass is 10.1. The van der Waals surface area contributed by atoms with E-state index in [1.807, 2.05) is 55.5 Å². The number of aryl methyl sites for hydroxylation is 2. The summed E-state index contributed by atoms with van der Waals surface area (Å²) in [6.07, 6.45) is 1.18. The first-order valence-electron chi connectivity index (χ1n) is 6.24. The molecule has 0 bridgehead atoms. The summed E-state index contributed by atoms with van der Waals surface area (Å²) < 4.78 is 0. The van der Waals surface area contributed by atoms with E-state index in [9.17, 15) is 4.79 Å². The van der Waals surface area contributed by atoms with Gasteiger partial charge in [-0.2, -0.15) is 0 Å². The van der Waals surface area contributed by atoms with Gasteiger partial charge in [0.2, 0.25) is 5.91 Å². The molecule has 19 heavy (non-hydrogen) atoms. The van der Waals surface area contributed by atoms with E-state index in [2.05, 4.69) is 5.32 Å². The van der Waals surface area contributed by atoms with Crippen LogP contribution in [0.5, 0.6) is 0 Å². The van der Waals surface area contributed by atoms with Crippen LogP contribution in [0.2, 0.25) is 5.02 Å². The van der Waals surface area contributed by atoms with Crippen molar-refractivity contribution in [3.05, 3.63) is 64.7 Å². The molecule has 3 heteroatoms. The second kappa shape index (κ2) is 6.39. The van der Waals surface area contributed by atoms with Gasteiger partial charge in [0.05, 0.1) is 0 Å². The SMILES string of the molecule is Cc1cccc(NC(=O)CCc2ccc(Cl)cc2)c1. The van der Waals surface area contributed by atoms with Crippen molar-refractivity contribution in [1.29, 1.82) is 0 Å². The van der Waals surface area contributed by atoms with Crippen LogP contribution >= 0.6 is 11.6 Å². The molecule has 2 aromatic carbocycles. The molecule has 0 aliphatic rings. The Bertz CT molecular complexity index is 563. The number of carbonyl (C=O) groups is 1. The van der Waals surface area contributed by atoms with Crippen LogP contribution in [0.3, 0.4) is 0 Å². The van der Waals surface area contributed by atoms with Crippen molar-refractivity contribution in [2.24, 2.45) is 0 Å². The number of halogens is 1. The highest BCUT2D eigenvalue weighted by atomic mass is 35.5. The van der Waals surface area contributed by atoms with Crippen LogP contribution in [0.4, 0.5) is 5.69 Å². The fourth-order valence-corrected chi connectivity index (χ4v) is 1.98. The van der Waals surface area contributed by atoms with Crippen molar-refractivity contribution < 1.29 is 4.79 Å². The molecule has 2 aromatic rings. The molecule has 0 aliphatic carbocycles. The topological polar surface area (TPSA) is 29.1 Å². The third-order valence-corrected chi connectivity index (χ3v) is 3.11. The molecule has 0 atom stereocenters. The molecule has 98 valence electrons. The number of carbonyl (C=O) groups excluding carboxylic acids is 1. The number of benzene rings is 2. The van der Waals surface area contributed by atoms with Crippen LogP contribution in [-0.2, 0) is 11.2 Å². The largest absolute Gasteiger partial charge is 0.326 e. The van der Waals surface area contributed by atoms with Gasteiger partial charge in [-0.15, -0.1) is 0 Å². The van der Waals surface area contributed by atoms with E-state index in [-0.39, 0.29) is 5.91 Å². The Balaban J connectivity index is 1.86. The molecule has 1 amide bonds. The lowest BCUT2D eigenvalue weighted by molar-refractivity contribution is -0.116. The first-order valence-corrected chi connectivity index (χ1v) is 6.62. The molecule has 0 saturated carbocycles. The lowest BCUT2D eigenvalue weighted by Gasteiger charge is -2.06. The van der Waals surface area contributed by atoms with Crippen molar-refractivity contribution in [3.63, 3.8) is 0 Å². The average Bonchev–Trinajstić information content (AvgIpc) is 2.38. The van der Waals surface area contributed by atoms with Gasteiger partial charge >= 0.3 is 0 Å². The molecular weight excluding hydrogens is 258 g/mol. The number of anilines is 1. The number of rotatable bonds is 4. The normalized spacial score (nSPS) is 10.2. The first kappa shape index (κ1) is 13.6. The van der Waals surface area contributed by atoms with E-state index in [0.29, 0.717) is 11.4 Å². The Labute approximate surface area is 118 Å². The summed E-state index contributed by atoms with van der Waals surface area (Å²) in [7, 11) is 0. The van der Waals surface area contributed by atoms with Gasteiger partial charge in [-0.3, -0.25) is 4.79 Å². The molecule has 1 N–H and O–H groups in total. The van der Waals surface area contributed by atoms with Crippen LogP contribution in [0.15, 0.2) is 48.5 Å². The number of nitrogens with one attached hydrogen (secondary N) is 1. The van der Waals surface area contributed by atoms with Crippen molar-refractivity contribution in [3.8, 4) is 0 Å². The highest BCUT2D eigenvalue weighted by Gasteiger charge is 2.03. The molecule has 2 nitrogen and oxygen atoms in total. The predicted molar refractivity (Wildman–Crippen MR) is 79.6 cm³/mol. The second-order valence-electron chi connectivity index (χ2n) is 4.54. The highest BCUT2D eigenvalue weighted by molar-refractivity contribution is 6.30. The summed E-state index contributed by atoms with van der Waals surface area (Å²) in [6, 6.07) is 15.4. The minimum absolute atomic E-state index is 0.0283. The molecule has 0 aliphatic heterocycles. The monoisotopic (exact) mass is 273 g/mol. The van der Waals surface area contributed by atoms with Crippen molar-refractivity contribution in [1.82, 2.24) is 0 Å². The highest BCUT2D eigenvalue weighted by Crippen LogP contribution is 2.13. The number of hydrogen-bond donors (Lipinski definition) is 1. The van der Waals surface area contributed by atoms with Crippen LogP contribution in [0, 0.1) is 6.92 Å². The predicted octanol–water partition coefficient (Wildman–Crippen LogP) is 4.22. The maximum absolute atomic E-state index is 11.8. The van der Waals surface area contributed by atoms with Gasteiger partial charge in [0.1, 0.15) is 0 Å². The zero-order chi connectivity index (χ0) is 13.7. The van der Waals surface area contributed by atoms with Crippen molar-refractivity contribution >= 4 is 23.2 Å². The lowest BCUT2D eigenvalue weighted by Crippen LogP contribution is -2.12. The zero-order valence-corrected chi connectivity index (χ0v) is 11.6. The molecule has 0 saturated heterocycles. The van der Waals surface area contributed by atoms with Crippen LogP contribution in [0.1, 0.15) is 17.5 Å². The van der Waals surface area contributed by atoms with E-state index < -0.39 is 0 Å². The summed E-state index contributed by atoms with van der Waals surface area (Å²) in [5, 5.41) is 3.62. The van der Waals surface area contributed by atoms with Crippen molar-refractivity contribution in [2.75, 3.05) is 5.32 Å². The maximum Gasteiger partial charge on any atom is 0.224 e. The van der Waals surface area contributed by atoms with Gasteiger partial charge < -0.3 is 5.32 Å². The fraction of sp³-hybridized carbons (Fsp3) is 0.188. The summed E-state index contributed by atoms with van der Waals surface area (Å²) >= 11 is 5.82. The van der Waals surface area contributed by atoms with Gasteiger partial charge in [0.15, 0.2) is 0 Å². The summed E-state index contributed by atoms with van der Waals surface area (Å²) in [4.78, 5) is 11.8. The summed E-state index contributed by atoms with van der Waals surface area (Å²) in [5.41, 5.74) is 3.10. The molecule has 0 unspecified atom stereocenters. The van der Waals surface area contributed by atoms with E-state index in [1.165, 1.54) is 0 Å². The molecule has 0 aromatic heterocycles. The molecule has 2 rings (SSSR count). The van der Waals surface area contributed by atoms with E-state index in [1.54, 1.807) is 0 Å². The van der Waals surface area contributed by atoms with Crippen LogP contribution < -0.4 is 5.32 Å². The second-order valence-corrected chi connectivity index (χ2v) is 4.98. The third kappa shape index (κ3) is 4.42. The van der Waals surface area contributed by atoms with Crippen LogP contribution in [0.25, 0.3) is 0 Å². The third-order valence-electron chi connectivity index (χ3n) is 2.86. The number of amides is 1. The van der Waals surface area contributed by atoms with Crippen molar-refractivity contribution in [2.45, 2.75) is 19.8 Å². The molecule has 0 fully saturated rings. The van der Waals surface area contributed by atoms with Gasteiger partial charge in [0.25, 0.3) is 0 Å². The standard InChI is InChI=1S/C16H16ClNO/c1-12-3-2-4-15(11-12)18-16(19)10-7-13-5-8-14(17)9-6-13/h2-6,8-9,11H,7,10H2,1H3,(H,18,19). The Hall–Kier alpha value is -1.80. The number of hydrogen-bond acceptors (Lipinski definition) is 1. The molecule has 0 spiro atoms. The summed E-state index contributed by atoms with van der Waals surface area (Å²) in [5.74, 6) is 0.0283. The quantitative estimate of drug-likeness (QED) is 0.888. The minimum atomic E-state index is 0.0283. The molecular formula is C16H16ClNO. The summed E-state index contributed by atoms with van der Waals surface area (Å²) in [6.45, 7) is 2.00. The zero-order valence-electron chi connectivity index (χ0n) is 10.8. The Morgan fingerprint density at radius 3 is 2.58 bits per heavy atom. The van der Waals surface area contributed by atoms with Gasteiger partial charge in [-0.25, -0.2) is 0 Å². The fourth-order valence-electron chi connectivity index (χ4n) is 1.86. The average molecular weight is 274 g/mol. The van der Waals surface area contributed by atoms with E-state index in [4.69, 9.17) is 11.6 Å². The van der Waals surface area contributed by atoms with E-state index >= 15 is 0 Å². The Kier molecular flexibility index (Phi) is 4.58. The smallest absolute Gasteiger partial charge is 0.224 e. The molecule has 0 heterocycles. The molecule has 0 radical (unpaired) electrons. The van der Waals surface area contributed by atoms with E-state index in [0.717, 1.165) is 23.2 Å². The van der Waals surface area contributed by atoms with Gasteiger partial charge in [0, 0.05) is 17.1 Å². The minimum Gasteiger partial charge on any atom is -0.326 e. The van der Waals surface area contributed by atoms with Gasteiger partial charge in [-0.1, -0.05) is 35.9 Å². The Morgan fingerprint density at radius 2 is 1.89 bits per heavy atom. The van der Waals surface area contributed by atoms with Gasteiger partial charge in [-0.05, 0) is 48.7 Å². The maximum atomic E-state index is 11.8. The first-order chi connectivity index (χ1) is 9.13. The Morgan fingerprint density at radius 1 is 1.16 bits per heavy atom. The van der Waals surface area contributed by atoms with Crippen LogP contribution in [-0.4, -0.2) is 5.91 Å².